The highest BCUT2D eigenvalue weighted by molar-refractivity contribution is 9.10. The van der Waals surface area contributed by atoms with Gasteiger partial charge in [0.15, 0.2) is 11.5 Å². The van der Waals surface area contributed by atoms with Gasteiger partial charge in [0, 0.05) is 29.2 Å². The number of fused-ring (bicyclic) bond motifs is 2. The molecule has 47 heavy (non-hydrogen) atoms. The first kappa shape index (κ1) is 33.6. The van der Waals surface area contributed by atoms with E-state index in [1.165, 1.54) is 4.90 Å². The van der Waals surface area contributed by atoms with E-state index in [-0.39, 0.29) is 11.8 Å². The maximum atomic E-state index is 13.3. The zero-order chi connectivity index (χ0) is 33.8. The van der Waals surface area contributed by atoms with Gasteiger partial charge < -0.3 is 14.2 Å². The van der Waals surface area contributed by atoms with Crippen LogP contribution in [0.15, 0.2) is 89.4 Å². The summed E-state index contributed by atoms with van der Waals surface area (Å²) in [6.07, 6.45) is 0. The summed E-state index contributed by atoms with van der Waals surface area (Å²) in [5.74, 6) is -0.775. The number of methoxy groups -OCH3 is 1. The van der Waals surface area contributed by atoms with Gasteiger partial charge in [-0.2, -0.15) is 0 Å². The van der Waals surface area contributed by atoms with Gasteiger partial charge in [-0.25, -0.2) is 14.5 Å². The van der Waals surface area contributed by atoms with Crippen molar-refractivity contribution in [3.8, 4) is 22.6 Å². The van der Waals surface area contributed by atoms with Gasteiger partial charge in [-0.3, -0.25) is 14.5 Å². The molecule has 6 rings (SSSR count). The van der Waals surface area contributed by atoms with Crippen molar-refractivity contribution in [2.24, 2.45) is 0 Å². The van der Waals surface area contributed by atoms with Crippen LogP contribution >= 0.6 is 15.9 Å². The fourth-order valence-electron chi connectivity index (χ4n) is 5.63. The van der Waals surface area contributed by atoms with Crippen molar-refractivity contribution in [3.63, 3.8) is 0 Å². The van der Waals surface area contributed by atoms with E-state index in [1.54, 1.807) is 55.6 Å². The third-order valence-electron chi connectivity index (χ3n) is 7.94. The van der Waals surface area contributed by atoms with Crippen LogP contribution < -0.4 is 14.4 Å². The van der Waals surface area contributed by atoms with Crippen LogP contribution in [-0.4, -0.2) is 61.0 Å². The molecule has 0 aliphatic carbocycles. The van der Waals surface area contributed by atoms with Gasteiger partial charge in [-0.05, 0) is 81.3 Å². The van der Waals surface area contributed by atoms with Crippen molar-refractivity contribution >= 4 is 45.4 Å². The van der Waals surface area contributed by atoms with Crippen molar-refractivity contribution in [2.75, 3.05) is 25.2 Å². The molecule has 2 amide bonds. The summed E-state index contributed by atoms with van der Waals surface area (Å²) in [6.45, 7) is 9.95. The van der Waals surface area contributed by atoms with Crippen molar-refractivity contribution in [3.05, 3.63) is 112 Å². The number of amides is 2. The molecule has 0 fully saturated rings. The molecule has 0 atom stereocenters. The first-order valence-electron chi connectivity index (χ1n) is 15.2. The second kappa shape index (κ2) is 14.3. The van der Waals surface area contributed by atoms with Crippen molar-refractivity contribution < 1.29 is 33.4 Å². The van der Waals surface area contributed by atoms with E-state index in [4.69, 9.17) is 9.47 Å². The normalized spacial score (nSPS) is 13.5. The van der Waals surface area contributed by atoms with Crippen LogP contribution in [0, 0.1) is 0 Å². The number of carbonyl (C=O) groups is 4. The van der Waals surface area contributed by atoms with Gasteiger partial charge in [-0.15, -0.1) is 0 Å². The predicted octanol–water partition coefficient (Wildman–Crippen LogP) is 7.42. The molecular weight excluding hydrogens is 664 g/mol. The summed E-state index contributed by atoms with van der Waals surface area (Å²) >= 11 is 3.19. The molecule has 0 N–H and O–H groups in total. The molecule has 2 aliphatic heterocycles. The van der Waals surface area contributed by atoms with Gasteiger partial charge in [0.2, 0.25) is 0 Å². The Morgan fingerprint density at radius 2 is 1.36 bits per heavy atom. The molecule has 4 aromatic rings. The molecule has 0 unspecified atom stereocenters. The lowest BCUT2D eigenvalue weighted by molar-refractivity contribution is 0.0443. The van der Waals surface area contributed by atoms with E-state index < -0.39 is 11.9 Å². The van der Waals surface area contributed by atoms with E-state index >= 15 is 0 Å². The maximum Gasteiger partial charge on any atom is 0.346 e. The number of nitrogens with zero attached hydrogens (tertiary/aromatic N) is 2. The van der Waals surface area contributed by atoms with Gasteiger partial charge in [0.05, 0.1) is 35.1 Å². The molecule has 0 radical (unpaired) electrons. The average molecular weight is 700 g/mol. The molecule has 2 aliphatic rings. The van der Waals surface area contributed by atoms with Crippen LogP contribution in [0.2, 0.25) is 0 Å². The summed E-state index contributed by atoms with van der Waals surface area (Å²) in [5, 5.41) is 0. The Morgan fingerprint density at radius 3 is 2.04 bits per heavy atom. The Labute approximate surface area is 282 Å². The molecule has 242 valence electrons. The largest absolute Gasteiger partial charge is 0.493 e. The van der Waals surface area contributed by atoms with E-state index in [2.05, 4.69) is 53.3 Å². The number of cyclic esters (lactones) is 2. The lowest BCUT2D eigenvalue weighted by Gasteiger charge is -2.30. The highest BCUT2D eigenvalue weighted by Gasteiger charge is 2.37. The average Bonchev–Trinajstić information content (AvgIpc) is 3.48. The second-order valence-electron chi connectivity index (χ2n) is 11.5. The Hall–Kier alpha value is -4.80. The monoisotopic (exact) mass is 698 g/mol. The number of imide groups is 1. The number of benzene rings is 4. The summed E-state index contributed by atoms with van der Waals surface area (Å²) in [6, 6.07) is 26.0. The van der Waals surface area contributed by atoms with Crippen LogP contribution in [0.1, 0.15) is 69.1 Å². The summed E-state index contributed by atoms with van der Waals surface area (Å²) < 4.78 is 16.7. The minimum Gasteiger partial charge on any atom is -0.493 e. The fourth-order valence-corrected chi connectivity index (χ4v) is 5.99. The molecule has 2 heterocycles. The second-order valence-corrected chi connectivity index (χ2v) is 12.5. The Kier molecular flexibility index (Phi) is 10.2. The SMILES string of the molecule is COc1cc(N2C(=O)c3ccc(-c4ccccc4)cc3C2=O)ccc1OCCN(C(C)C)C(C)C.O=C1OC(=O)c2cc(Br)ccc21. The minimum absolute atomic E-state index is 0.328. The number of halogens is 1. The number of carbonyl (C=O) groups excluding carboxylic acids is 4. The first-order chi connectivity index (χ1) is 22.5. The molecule has 4 aromatic carbocycles. The molecule has 10 heteroatoms. The van der Waals surface area contributed by atoms with Gasteiger partial charge in [0.1, 0.15) is 6.61 Å². The highest BCUT2D eigenvalue weighted by atomic mass is 79.9. The highest BCUT2D eigenvalue weighted by Crippen LogP contribution is 2.36. The Bertz CT molecular complexity index is 1830. The quantitative estimate of drug-likeness (QED) is 0.101. The summed E-state index contributed by atoms with van der Waals surface area (Å²) in [7, 11) is 1.55. The van der Waals surface area contributed by atoms with E-state index in [0.29, 0.717) is 58.1 Å². The van der Waals surface area contributed by atoms with Crippen LogP contribution in [0.25, 0.3) is 11.1 Å². The molecule has 0 aromatic heterocycles. The Balaban J connectivity index is 0.000000301. The molecule has 0 saturated heterocycles. The zero-order valence-corrected chi connectivity index (χ0v) is 28.4. The van der Waals surface area contributed by atoms with Crippen LogP contribution in [0.3, 0.4) is 0 Å². The third-order valence-corrected chi connectivity index (χ3v) is 8.43. The van der Waals surface area contributed by atoms with E-state index in [1.807, 2.05) is 36.4 Å². The molecule has 0 bridgehead atoms. The fraction of sp³-hybridized carbons (Fsp3) is 0.243. The van der Waals surface area contributed by atoms with Gasteiger partial charge >= 0.3 is 11.9 Å². The van der Waals surface area contributed by atoms with E-state index in [9.17, 15) is 19.2 Å². The van der Waals surface area contributed by atoms with Gasteiger partial charge in [-0.1, -0.05) is 52.3 Å². The Morgan fingerprint density at radius 1 is 0.702 bits per heavy atom. The molecule has 9 nitrogen and oxygen atoms in total. The summed E-state index contributed by atoms with van der Waals surface area (Å²) in [5.41, 5.74) is 3.80. The van der Waals surface area contributed by atoms with Crippen LogP contribution in [0.4, 0.5) is 5.69 Å². The molecular formula is C37H35BrN2O7. The standard InChI is InChI=1S/C29H32N2O4.C8H3BrO3/c1-19(2)30(20(3)4)15-16-35-26-14-12-23(18-27(26)34-5)31-28(32)24-13-11-22(17-25(24)29(31)33)21-9-7-6-8-10-21;9-4-1-2-5-6(3-4)8(11)12-7(5)10/h6-14,17-20H,15-16H2,1-5H3;1-3H. The van der Waals surface area contributed by atoms with E-state index in [0.717, 1.165) is 22.1 Å². The maximum absolute atomic E-state index is 13.3. The van der Waals surface area contributed by atoms with Crippen molar-refractivity contribution in [1.29, 1.82) is 0 Å². The lowest BCUT2D eigenvalue weighted by atomic mass is 10.0. The zero-order valence-electron chi connectivity index (χ0n) is 26.8. The number of esters is 2. The number of hydrogen-bond donors (Lipinski definition) is 0. The van der Waals surface area contributed by atoms with Gasteiger partial charge in [0.25, 0.3) is 11.8 Å². The lowest BCUT2D eigenvalue weighted by Crippen LogP contribution is -2.39. The molecule has 0 spiro atoms. The first-order valence-corrected chi connectivity index (χ1v) is 16.0. The number of rotatable bonds is 9. The third kappa shape index (κ3) is 7.13. The van der Waals surface area contributed by atoms with Crippen LogP contribution in [-0.2, 0) is 4.74 Å². The van der Waals surface area contributed by atoms with Crippen molar-refractivity contribution in [1.82, 2.24) is 4.90 Å². The number of hydrogen-bond acceptors (Lipinski definition) is 8. The number of anilines is 1. The smallest absolute Gasteiger partial charge is 0.346 e. The topological polar surface area (TPSA) is 102 Å². The predicted molar refractivity (Wildman–Crippen MR) is 182 cm³/mol. The molecule has 0 saturated carbocycles. The summed E-state index contributed by atoms with van der Waals surface area (Å²) in [4.78, 5) is 51.9. The minimum atomic E-state index is -0.573. The van der Waals surface area contributed by atoms with Crippen molar-refractivity contribution in [2.45, 2.75) is 39.8 Å². The van der Waals surface area contributed by atoms with Crippen LogP contribution in [0.5, 0.6) is 11.5 Å². The number of ether oxygens (including phenoxy) is 3.